The first-order chi connectivity index (χ1) is 7.93. The minimum Gasteiger partial charge on any atom is -0.305 e. The predicted molar refractivity (Wildman–Crippen MR) is 61.5 cm³/mol. The van der Waals surface area contributed by atoms with Gasteiger partial charge in [0.05, 0.1) is 11.9 Å². The van der Waals surface area contributed by atoms with Crippen LogP contribution in [0.2, 0.25) is 0 Å². The minimum absolute atomic E-state index is 0.137. The van der Waals surface area contributed by atoms with Crippen molar-refractivity contribution in [3.63, 3.8) is 0 Å². The van der Waals surface area contributed by atoms with E-state index in [9.17, 15) is 13.2 Å². The summed E-state index contributed by atoms with van der Waals surface area (Å²) in [5.41, 5.74) is 0. The maximum Gasteiger partial charge on any atom is 0.451 e. The highest BCUT2D eigenvalue weighted by Gasteiger charge is 2.39. The van der Waals surface area contributed by atoms with Gasteiger partial charge in [-0.25, -0.2) is 0 Å². The maximum atomic E-state index is 12.6. The number of hydrogen-bond donors (Lipinski definition) is 1. The van der Waals surface area contributed by atoms with Crippen molar-refractivity contribution in [3.05, 3.63) is 11.6 Å². The summed E-state index contributed by atoms with van der Waals surface area (Å²) in [4.78, 5) is 2.02. The Morgan fingerprint density at radius 2 is 2.06 bits per heavy atom. The molecule has 96 valence electrons. The van der Waals surface area contributed by atoms with Gasteiger partial charge in [0.2, 0.25) is 5.82 Å². The Labute approximate surface area is 105 Å². The smallest absolute Gasteiger partial charge is 0.305 e. The summed E-state index contributed by atoms with van der Waals surface area (Å²) in [5.74, 6) is -0.545. The van der Waals surface area contributed by atoms with Crippen LogP contribution in [0.1, 0.15) is 18.6 Å². The van der Waals surface area contributed by atoms with Gasteiger partial charge < -0.3 is 4.57 Å². The summed E-state index contributed by atoms with van der Waals surface area (Å²) >= 11 is 4.10. The van der Waals surface area contributed by atoms with Crippen molar-refractivity contribution in [1.82, 2.24) is 19.7 Å². The Bertz CT molecular complexity index is 406. The number of aromatic nitrogens is 3. The van der Waals surface area contributed by atoms with E-state index in [0.29, 0.717) is 18.9 Å². The van der Waals surface area contributed by atoms with E-state index >= 15 is 0 Å². The molecule has 4 nitrogen and oxygen atoms in total. The van der Waals surface area contributed by atoms with Crippen LogP contribution in [0.15, 0.2) is 0 Å². The van der Waals surface area contributed by atoms with E-state index in [4.69, 9.17) is 0 Å². The Kier molecular flexibility index (Phi) is 3.60. The molecule has 1 aliphatic heterocycles. The Balaban J connectivity index is 2.22. The van der Waals surface area contributed by atoms with Crippen LogP contribution in [0.4, 0.5) is 13.2 Å². The van der Waals surface area contributed by atoms with Gasteiger partial charge in [-0.15, -0.1) is 21.9 Å². The molecule has 17 heavy (non-hydrogen) atoms. The average molecular weight is 284 g/mol. The van der Waals surface area contributed by atoms with Gasteiger partial charge in [0, 0.05) is 13.1 Å². The summed E-state index contributed by atoms with van der Waals surface area (Å²) in [6.07, 6.45) is -4.43. The highest BCUT2D eigenvalue weighted by Crippen LogP contribution is 2.30. The van der Waals surface area contributed by atoms with Crippen LogP contribution in [-0.4, -0.2) is 31.6 Å². The number of rotatable bonds is 2. The zero-order valence-electron chi connectivity index (χ0n) is 8.98. The third kappa shape index (κ3) is 2.55. The molecule has 0 unspecified atom stereocenters. The van der Waals surface area contributed by atoms with E-state index in [0.717, 1.165) is 4.57 Å². The summed E-state index contributed by atoms with van der Waals surface area (Å²) in [6.45, 7) is 3.13. The normalized spacial score (nSPS) is 19.1. The molecular formula is C8H11F3N4S2. The molecule has 1 aromatic rings. The average Bonchev–Trinajstić information content (AvgIpc) is 2.70. The lowest BCUT2D eigenvalue weighted by Gasteiger charge is -2.31. The Hall–Kier alpha value is -0.410. The summed E-state index contributed by atoms with van der Waals surface area (Å²) < 4.78 is 38.9. The molecule has 0 saturated carbocycles. The van der Waals surface area contributed by atoms with Gasteiger partial charge in [-0.1, -0.05) is 10.8 Å². The fourth-order valence-electron chi connectivity index (χ4n) is 1.76. The van der Waals surface area contributed by atoms with Crippen molar-refractivity contribution >= 4 is 22.5 Å². The van der Waals surface area contributed by atoms with E-state index < -0.39 is 12.0 Å². The fraction of sp³-hybridized carbons (Fsp3) is 0.750. The van der Waals surface area contributed by atoms with Crippen LogP contribution < -0.4 is 0 Å². The second-order valence-corrected chi connectivity index (χ2v) is 5.29. The lowest BCUT2D eigenvalue weighted by atomic mass is 10.3. The Morgan fingerprint density at radius 1 is 1.35 bits per heavy atom. The van der Waals surface area contributed by atoms with Crippen LogP contribution in [0, 0.1) is 0 Å². The lowest BCUT2D eigenvalue weighted by molar-refractivity contribution is -0.148. The van der Waals surface area contributed by atoms with Crippen LogP contribution in [0.3, 0.4) is 0 Å². The molecule has 0 bridgehead atoms. The van der Waals surface area contributed by atoms with Crippen molar-refractivity contribution in [2.24, 2.45) is 0 Å². The molecule has 0 aromatic carbocycles. The molecule has 0 spiro atoms. The van der Waals surface area contributed by atoms with Gasteiger partial charge in [0.1, 0.15) is 5.82 Å². The summed E-state index contributed by atoms with van der Waals surface area (Å²) in [6, 6.07) is 0. The van der Waals surface area contributed by atoms with E-state index in [1.54, 1.807) is 0 Å². The molecule has 0 fully saturated rings. The molecule has 1 atom stereocenters. The standard InChI is InChI=1S/C8H11F3N4S2/c1-5(17-16)14-2-3-15-6(4-14)12-13-7(15)8(9,10)11/h5,16H,2-4H2,1H3/t5-/m0/s1. The third-order valence-corrected chi connectivity index (χ3v) is 4.22. The minimum atomic E-state index is -4.43. The molecule has 0 radical (unpaired) electrons. The molecule has 1 aliphatic rings. The first-order valence-electron chi connectivity index (χ1n) is 4.97. The zero-order valence-corrected chi connectivity index (χ0v) is 10.7. The van der Waals surface area contributed by atoms with Crippen molar-refractivity contribution in [1.29, 1.82) is 0 Å². The molecule has 2 rings (SSSR count). The number of nitrogens with zero attached hydrogens (tertiary/aromatic N) is 4. The van der Waals surface area contributed by atoms with Gasteiger partial charge in [-0.2, -0.15) is 13.2 Å². The molecule has 0 aliphatic carbocycles. The van der Waals surface area contributed by atoms with E-state index in [-0.39, 0.29) is 11.9 Å². The number of alkyl halides is 3. The van der Waals surface area contributed by atoms with E-state index in [1.807, 2.05) is 11.8 Å². The number of fused-ring (bicyclic) bond motifs is 1. The van der Waals surface area contributed by atoms with Crippen molar-refractivity contribution in [3.8, 4) is 0 Å². The molecule has 0 saturated heterocycles. The lowest BCUT2D eigenvalue weighted by Crippen LogP contribution is -2.38. The molecule has 1 aromatic heterocycles. The monoisotopic (exact) mass is 284 g/mol. The van der Waals surface area contributed by atoms with Gasteiger partial charge in [-0.3, -0.25) is 4.90 Å². The van der Waals surface area contributed by atoms with Crippen LogP contribution >= 0.6 is 22.5 Å². The Morgan fingerprint density at radius 3 is 2.65 bits per heavy atom. The van der Waals surface area contributed by atoms with Gasteiger partial charge in [0.15, 0.2) is 0 Å². The third-order valence-electron chi connectivity index (χ3n) is 2.70. The number of halogens is 3. The predicted octanol–water partition coefficient (Wildman–Crippen LogP) is 2.04. The largest absolute Gasteiger partial charge is 0.451 e. The number of thiol groups is 1. The SMILES string of the molecule is C[C@H](SS)N1CCn2c(nnc2C(F)(F)F)C1. The van der Waals surface area contributed by atoms with E-state index in [1.165, 1.54) is 10.8 Å². The molecule has 2 heterocycles. The van der Waals surface area contributed by atoms with Crippen LogP contribution in [0.5, 0.6) is 0 Å². The van der Waals surface area contributed by atoms with Crippen molar-refractivity contribution in [2.75, 3.05) is 6.54 Å². The zero-order chi connectivity index (χ0) is 12.6. The van der Waals surface area contributed by atoms with Crippen molar-refractivity contribution < 1.29 is 13.2 Å². The second kappa shape index (κ2) is 4.69. The quantitative estimate of drug-likeness (QED) is 0.665. The van der Waals surface area contributed by atoms with Gasteiger partial charge in [0.25, 0.3) is 0 Å². The summed E-state index contributed by atoms with van der Waals surface area (Å²) in [7, 11) is 1.36. The highest BCUT2D eigenvalue weighted by atomic mass is 33.1. The van der Waals surface area contributed by atoms with E-state index in [2.05, 4.69) is 21.9 Å². The van der Waals surface area contributed by atoms with Crippen LogP contribution in [-0.2, 0) is 19.3 Å². The van der Waals surface area contributed by atoms with Gasteiger partial charge >= 0.3 is 6.18 Å². The highest BCUT2D eigenvalue weighted by molar-refractivity contribution is 8.68. The van der Waals surface area contributed by atoms with Crippen LogP contribution in [0.25, 0.3) is 0 Å². The first-order valence-corrected chi connectivity index (χ1v) is 6.90. The first kappa shape index (κ1) is 13.0. The maximum absolute atomic E-state index is 12.6. The molecule has 0 amide bonds. The van der Waals surface area contributed by atoms with Crippen molar-refractivity contribution in [2.45, 2.75) is 31.6 Å². The summed E-state index contributed by atoms with van der Waals surface area (Å²) in [5, 5.41) is 6.97. The van der Waals surface area contributed by atoms with Gasteiger partial charge in [-0.05, 0) is 6.92 Å². The topological polar surface area (TPSA) is 34.0 Å². The molecular weight excluding hydrogens is 273 g/mol. The molecule has 0 N–H and O–H groups in total. The molecule has 9 heteroatoms. The fourth-order valence-corrected chi connectivity index (χ4v) is 2.48. The number of hydrogen-bond acceptors (Lipinski definition) is 5. The second-order valence-electron chi connectivity index (χ2n) is 3.76.